The van der Waals surface area contributed by atoms with Gasteiger partial charge in [-0.05, 0) is 24.8 Å². The monoisotopic (exact) mass is 377 g/mol. The third kappa shape index (κ3) is 3.48. The van der Waals surface area contributed by atoms with E-state index in [2.05, 4.69) is 26.5 Å². The van der Waals surface area contributed by atoms with E-state index in [-0.39, 0.29) is 11.9 Å². The minimum Gasteiger partial charge on any atom is -0.338 e. The molecule has 0 saturated heterocycles. The second kappa shape index (κ2) is 7.80. The molecule has 144 valence electrons. The average Bonchev–Trinajstić information content (AvgIpc) is 3.45. The van der Waals surface area contributed by atoms with Crippen molar-refractivity contribution >= 4 is 16.9 Å². The van der Waals surface area contributed by atoms with Crippen LogP contribution in [0, 0.1) is 17.2 Å². The number of nitrogens with one attached hydrogen (secondary N) is 1. The van der Waals surface area contributed by atoms with E-state index in [1.54, 1.807) is 0 Å². The highest BCUT2D eigenvalue weighted by molar-refractivity contribution is 5.90. The fraction of sp³-hybridized carbons (Fsp3) is 0.450. The lowest BCUT2D eigenvalue weighted by Crippen LogP contribution is -2.22. The van der Waals surface area contributed by atoms with Crippen molar-refractivity contribution < 1.29 is 4.79 Å². The molecule has 4 rings (SSSR count). The van der Waals surface area contributed by atoms with Gasteiger partial charge in [-0.2, -0.15) is 10.4 Å². The summed E-state index contributed by atoms with van der Waals surface area (Å²) in [4.78, 5) is 20.0. The van der Waals surface area contributed by atoms with Gasteiger partial charge < -0.3 is 9.88 Å². The minimum absolute atomic E-state index is 0.0900. The predicted octanol–water partition coefficient (Wildman–Crippen LogP) is 3.03. The van der Waals surface area contributed by atoms with Crippen molar-refractivity contribution in [2.24, 2.45) is 5.92 Å². The second-order valence-corrected chi connectivity index (χ2v) is 7.32. The standard InChI is InChI=1S/C20H23N7O/c1-14(28)24-13-26-9-7-17-19(22-12-23-20(17)26)16-10-25-27(11-16)18(6-8-21)15-4-2-3-5-15/h7,9-12,15,18H,2-6,13H2,1H3,(H,24,28). The van der Waals surface area contributed by atoms with E-state index >= 15 is 0 Å². The van der Waals surface area contributed by atoms with Crippen molar-refractivity contribution in [3.8, 4) is 17.3 Å². The Morgan fingerprint density at radius 1 is 1.39 bits per heavy atom. The van der Waals surface area contributed by atoms with Gasteiger partial charge in [0.2, 0.25) is 5.91 Å². The van der Waals surface area contributed by atoms with Crippen LogP contribution in [0.2, 0.25) is 0 Å². The summed E-state index contributed by atoms with van der Waals surface area (Å²) in [6.45, 7) is 1.85. The average molecular weight is 377 g/mol. The number of nitrogens with zero attached hydrogens (tertiary/aromatic N) is 6. The molecule has 8 heteroatoms. The van der Waals surface area contributed by atoms with Crippen LogP contribution in [-0.4, -0.2) is 30.2 Å². The summed E-state index contributed by atoms with van der Waals surface area (Å²) in [5.74, 6) is 0.421. The molecule has 1 atom stereocenters. The van der Waals surface area contributed by atoms with Crippen LogP contribution in [0.1, 0.15) is 45.1 Å². The molecule has 3 heterocycles. The van der Waals surface area contributed by atoms with E-state index in [1.165, 1.54) is 26.1 Å². The van der Waals surface area contributed by atoms with E-state index in [0.29, 0.717) is 19.0 Å². The largest absolute Gasteiger partial charge is 0.338 e. The van der Waals surface area contributed by atoms with E-state index in [4.69, 9.17) is 0 Å². The Balaban J connectivity index is 1.65. The smallest absolute Gasteiger partial charge is 0.218 e. The van der Waals surface area contributed by atoms with Crippen LogP contribution in [0.4, 0.5) is 0 Å². The van der Waals surface area contributed by atoms with Gasteiger partial charge in [0.15, 0.2) is 0 Å². The normalized spacial score (nSPS) is 15.6. The number of fused-ring (bicyclic) bond motifs is 1. The van der Waals surface area contributed by atoms with Gasteiger partial charge in [-0.15, -0.1) is 0 Å². The van der Waals surface area contributed by atoms with Crippen LogP contribution in [-0.2, 0) is 11.5 Å². The molecule has 0 radical (unpaired) electrons. The van der Waals surface area contributed by atoms with Crippen LogP contribution in [0.15, 0.2) is 31.0 Å². The third-order valence-corrected chi connectivity index (χ3v) is 5.51. The number of nitriles is 1. The highest BCUT2D eigenvalue weighted by Gasteiger charge is 2.27. The maximum absolute atomic E-state index is 11.2. The first-order valence-corrected chi connectivity index (χ1v) is 9.63. The van der Waals surface area contributed by atoms with E-state index in [9.17, 15) is 10.1 Å². The molecule has 0 aliphatic heterocycles. The fourth-order valence-corrected chi connectivity index (χ4v) is 4.11. The SMILES string of the molecule is CC(=O)NCn1ccc2c(-c3cnn(C(CC#N)C4CCCC4)c3)ncnc21. The highest BCUT2D eigenvalue weighted by Crippen LogP contribution is 2.36. The summed E-state index contributed by atoms with van der Waals surface area (Å²) < 4.78 is 3.82. The summed E-state index contributed by atoms with van der Waals surface area (Å²) >= 11 is 0. The Bertz CT molecular complexity index is 1020. The van der Waals surface area contributed by atoms with Gasteiger partial charge in [-0.25, -0.2) is 9.97 Å². The topological polar surface area (TPSA) is 101 Å². The van der Waals surface area contributed by atoms with Crippen molar-refractivity contribution in [2.75, 3.05) is 0 Å². The quantitative estimate of drug-likeness (QED) is 0.711. The van der Waals surface area contributed by atoms with Crippen LogP contribution in [0.3, 0.4) is 0 Å². The van der Waals surface area contributed by atoms with Crippen molar-refractivity contribution in [2.45, 2.75) is 51.7 Å². The molecule has 3 aromatic rings. The molecule has 1 N–H and O–H groups in total. The zero-order valence-electron chi connectivity index (χ0n) is 15.9. The maximum Gasteiger partial charge on any atom is 0.218 e. The van der Waals surface area contributed by atoms with E-state index in [1.807, 2.05) is 33.9 Å². The third-order valence-electron chi connectivity index (χ3n) is 5.51. The van der Waals surface area contributed by atoms with Crippen molar-refractivity contribution in [1.29, 1.82) is 5.26 Å². The van der Waals surface area contributed by atoms with Gasteiger partial charge >= 0.3 is 0 Å². The maximum atomic E-state index is 11.2. The molecule has 0 bridgehead atoms. The molecule has 0 aromatic carbocycles. The lowest BCUT2D eigenvalue weighted by molar-refractivity contribution is -0.119. The highest BCUT2D eigenvalue weighted by atomic mass is 16.1. The molecule has 3 aromatic heterocycles. The van der Waals surface area contributed by atoms with Gasteiger partial charge in [0.05, 0.1) is 37.1 Å². The number of hydrogen-bond donors (Lipinski definition) is 1. The molecular weight excluding hydrogens is 354 g/mol. The minimum atomic E-state index is -0.0900. The molecule has 0 spiro atoms. The van der Waals surface area contributed by atoms with Gasteiger partial charge in [-0.3, -0.25) is 9.48 Å². The number of aromatic nitrogens is 5. The number of rotatable bonds is 6. The summed E-state index contributed by atoms with van der Waals surface area (Å²) in [6, 6.07) is 4.39. The molecule has 1 aliphatic carbocycles. The van der Waals surface area contributed by atoms with Gasteiger partial charge in [0, 0.05) is 30.3 Å². The van der Waals surface area contributed by atoms with Gasteiger partial charge in [0.25, 0.3) is 0 Å². The van der Waals surface area contributed by atoms with E-state index < -0.39 is 0 Å². The summed E-state index contributed by atoms with van der Waals surface area (Å²) in [5.41, 5.74) is 2.47. The molecule has 28 heavy (non-hydrogen) atoms. The number of hydrogen-bond acceptors (Lipinski definition) is 5. The summed E-state index contributed by atoms with van der Waals surface area (Å²) in [6.07, 6.45) is 12.5. The van der Waals surface area contributed by atoms with Gasteiger partial charge in [0.1, 0.15) is 12.0 Å². The van der Waals surface area contributed by atoms with Crippen molar-refractivity contribution in [3.63, 3.8) is 0 Å². The lowest BCUT2D eigenvalue weighted by atomic mass is 9.96. The van der Waals surface area contributed by atoms with Crippen LogP contribution in [0.25, 0.3) is 22.3 Å². The van der Waals surface area contributed by atoms with Crippen LogP contribution in [0.5, 0.6) is 0 Å². The number of carbonyl (C=O) groups is 1. The molecule has 8 nitrogen and oxygen atoms in total. The summed E-state index contributed by atoms with van der Waals surface area (Å²) in [7, 11) is 0. The van der Waals surface area contributed by atoms with Crippen LogP contribution >= 0.6 is 0 Å². The number of amides is 1. The molecule has 1 fully saturated rings. The zero-order chi connectivity index (χ0) is 19.5. The van der Waals surface area contributed by atoms with Crippen molar-refractivity contribution in [3.05, 3.63) is 31.0 Å². The molecule has 1 aliphatic rings. The van der Waals surface area contributed by atoms with Crippen molar-refractivity contribution in [1.82, 2.24) is 29.6 Å². The second-order valence-electron chi connectivity index (χ2n) is 7.32. The Hall–Kier alpha value is -3.21. The molecule has 1 amide bonds. The number of carbonyl (C=O) groups excluding carboxylic acids is 1. The molecule has 1 unspecified atom stereocenters. The van der Waals surface area contributed by atoms with E-state index in [0.717, 1.165) is 35.1 Å². The Morgan fingerprint density at radius 3 is 2.96 bits per heavy atom. The molecular formula is C20H23N7O. The first kappa shape index (κ1) is 18.2. The predicted molar refractivity (Wildman–Crippen MR) is 104 cm³/mol. The first-order chi connectivity index (χ1) is 13.7. The first-order valence-electron chi connectivity index (χ1n) is 9.63. The fourth-order valence-electron chi connectivity index (χ4n) is 4.11. The summed E-state index contributed by atoms with van der Waals surface area (Å²) in [5, 5.41) is 17.5. The Labute approximate surface area is 163 Å². The Morgan fingerprint density at radius 2 is 2.21 bits per heavy atom. The lowest BCUT2D eigenvalue weighted by Gasteiger charge is -2.21. The zero-order valence-corrected chi connectivity index (χ0v) is 15.9. The molecule has 1 saturated carbocycles. The van der Waals surface area contributed by atoms with Gasteiger partial charge in [-0.1, -0.05) is 12.8 Å². The Kier molecular flexibility index (Phi) is 5.06. The van der Waals surface area contributed by atoms with Crippen LogP contribution < -0.4 is 5.32 Å².